The van der Waals surface area contributed by atoms with Gasteiger partial charge in [-0.3, -0.25) is 9.89 Å². The average molecular weight is 408 g/mol. The Balaban J connectivity index is 1.86. The van der Waals surface area contributed by atoms with Crippen LogP contribution >= 0.6 is 11.3 Å². The first-order valence-corrected chi connectivity index (χ1v) is 9.76. The molecule has 27 heavy (non-hydrogen) atoms. The Morgan fingerprint density at radius 3 is 2.44 bits per heavy atom. The first-order valence-electron chi connectivity index (χ1n) is 8.88. The van der Waals surface area contributed by atoms with Crippen molar-refractivity contribution in [3.05, 3.63) is 16.1 Å². The summed E-state index contributed by atoms with van der Waals surface area (Å²) in [5, 5.41) is 7.66. The lowest BCUT2D eigenvalue weighted by atomic mass is 10.00. The van der Waals surface area contributed by atoms with Gasteiger partial charge in [0.15, 0.2) is 11.7 Å². The van der Waals surface area contributed by atoms with Crippen LogP contribution in [0.2, 0.25) is 0 Å². The standard InChI is InChI=1S/C17H28F3N5OS/c1-11-7-25(8-12(2)26-11)16(3,4)10-23-15(21-5)22-6-14-24-13(9-27-14)17(18,19)20/h9,11-12H,6-8,10H2,1-5H3,(H2,21,22,23). The van der Waals surface area contributed by atoms with Crippen LogP contribution in [0.1, 0.15) is 38.4 Å². The molecule has 6 nitrogen and oxygen atoms in total. The highest BCUT2D eigenvalue weighted by Crippen LogP contribution is 2.29. The Morgan fingerprint density at radius 2 is 1.93 bits per heavy atom. The number of guanidine groups is 1. The summed E-state index contributed by atoms with van der Waals surface area (Å²) in [5.74, 6) is 0.529. The van der Waals surface area contributed by atoms with Crippen molar-refractivity contribution in [2.24, 2.45) is 4.99 Å². The van der Waals surface area contributed by atoms with Gasteiger partial charge in [0.2, 0.25) is 0 Å². The zero-order valence-corrected chi connectivity index (χ0v) is 17.2. The van der Waals surface area contributed by atoms with Gasteiger partial charge < -0.3 is 15.4 Å². The molecule has 2 unspecified atom stereocenters. The van der Waals surface area contributed by atoms with Crippen LogP contribution in [-0.4, -0.2) is 60.3 Å². The molecular formula is C17H28F3N5OS. The fraction of sp³-hybridized carbons (Fsp3) is 0.765. The molecule has 2 atom stereocenters. The molecule has 0 spiro atoms. The van der Waals surface area contributed by atoms with E-state index < -0.39 is 11.9 Å². The third-order valence-corrected chi connectivity index (χ3v) is 5.29. The second kappa shape index (κ2) is 8.74. The van der Waals surface area contributed by atoms with Crippen LogP contribution in [0.5, 0.6) is 0 Å². The molecule has 154 valence electrons. The van der Waals surface area contributed by atoms with E-state index in [1.807, 2.05) is 0 Å². The number of nitrogens with zero attached hydrogens (tertiary/aromatic N) is 3. The molecule has 1 saturated heterocycles. The number of hydrogen-bond donors (Lipinski definition) is 2. The van der Waals surface area contributed by atoms with E-state index in [0.717, 1.165) is 29.8 Å². The molecule has 0 bridgehead atoms. The van der Waals surface area contributed by atoms with Crippen LogP contribution in [-0.2, 0) is 17.5 Å². The maximum absolute atomic E-state index is 12.6. The van der Waals surface area contributed by atoms with Crippen molar-refractivity contribution in [1.82, 2.24) is 20.5 Å². The molecule has 0 saturated carbocycles. The van der Waals surface area contributed by atoms with Crippen molar-refractivity contribution in [3.8, 4) is 0 Å². The largest absolute Gasteiger partial charge is 0.434 e. The zero-order chi connectivity index (χ0) is 20.2. The molecule has 10 heteroatoms. The molecule has 1 aromatic heterocycles. The maximum Gasteiger partial charge on any atom is 0.434 e. The van der Waals surface area contributed by atoms with E-state index >= 15 is 0 Å². The molecule has 0 radical (unpaired) electrons. The van der Waals surface area contributed by atoms with Crippen LogP contribution in [0.3, 0.4) is 0 Å². The van der Waals surface area contributed by atoms with Crippen molar-refractivity contribution in [1.29, 1.82) is 0 Å². The summed E-state index contributed by atoms with van der Waals surface area (Å²) in [4.78, 5) is 10.1. The van der Waals surface area contributed by atoms with Crippen molar-refractivity contribution >= 4 is 17.3 Å². The molecule has 0 aliphatic carbocycles. The zero-order valence-electron chi connectivity index (χ0n) is 16.4. The molecule has 2 rings (SSSR count). The molecule has 1 aliphatic rings. The van der Waals surface area contributed by atoms with Gasteiger partial charge in [-0.2, -0.15) is 13.2 Å². The van der Waals surface area contributed by atoms with E-state index in [4.69, 9.17) is 4.74 Å². The van der Waals surface area contributed by atoms with Crippen LogP contribution < -0.4 is 10.6 Å². The predicted molar refractivity (Wildman–Crippen MR) is 101 cm³/mol. The summed E-state index contributed by atoms with van der Waals surface area (Å²) in [6.07, 6.45) is -4.05. The van der Waals surface area contributed by atoms with Gasteiger partial charge in [0.25, 0.3) is 0 Å². The number of thiazole rings is 1. The van der Waals surface area contributed by atoms with Crippen molar-refractivity contribution in [2.75, 3.05) is 26.7 Å². The van der Waals surface area contributed by atoms with E-state index in [1.165, 1.54) is 0 Å². The Kier molecular flexibility index (Phi) is 7.09. The topological polar surface area (TPSA) is 61.8 Å². The van der Waals surface area contributed by atoms with Gasteiger partial charge in [-0.25, -0.2) is 4.98 Å². The Bertz CT molecular complexity index is 637. The van der Waals surface area contributed by atoms with Gasteiger partial charge in [0.1, 0.15) is 5.01 Å². The number of nitrogens with one attached hydrogen (secondary N) is 2. The highest BCUT2D eigenvalue weighted by atomic mass is 32.1. The minimum Gasteiger partial charge on any atom is -0.373 e. The molecule has 1 aliphatic heterocycles. The SMILES string of the molecule is CN=C(NCc1nc(C(F)(F)F)cs1)NCC(C)(C)N1CC(C)OC(C)C1. The van der Waals surface area contributed by atoms with Crippen molar-refractivity contribution in [2.45, 2.75) is 58.2 Å². The minimum absolute atomic E-state index is 0.130. The Morgan fingerprint density at radius 1 is 1.30 bits per heavy atom. The summed E-state index contributed by atoms with van der Waals surface area (Å²) in [6.45, 7) is 11.0. The molecule has 2 heterocycles. The second-order valence-corrected chi connectivity index (χ2v) is 8.32. The lowest BCUT2D eigenvalue weighted by Crippen LogP contribution is -2.59. The molecule has 1 fully saturated rings. The van der Waals surface area contributed by atoms with Gasteiger partial charge in [0, 0.05) is 37.6 Å². The smallest absolute Gasteiger partial charge is 0.373 e. The third-order valence-electron chi connectivity index (χ3n) is 4.44. The monoisotopic (exact) mass is 407 g/mol. The number of aliphatic imine (C=N–C) groups is 1. The number of hydrogen-bond acceptors (Lipinski definition) is 5. The highest BCUT2D eigenvalue weighted by molar-refractivity contribution is 7.09. The predicted octanol–water partition coefficient (Wildman–Crippen LogP) is 2.71. The quantitative estimate of drug-likeness (QED) is 0.581. The summed E-state index contributed by atoms with van der Waals surface area (Å²) < 4.78 is 43.7. The minimum atomic E-state index is -4.41. The van der Waals surface area contributed by atoms with Gasteiger partial charge in [-0.05, 0) is 27.7 Å². The third kappa shape index (κ3) is 6.32. The van der Waals surface area contributed by atoms with Crippen molar-refractivity contribution in [3.63, 3.8) is 0 Å². The number of rotatable bonds is 5. The summed E-state index contributed by atoms with van der Waals surface area (Å²) in [6, 6.07) is 0. The second-order valence-electron chi connectivity index (χ2n) is 7.38. The van der Waals surface area contributed by atoms with E-state index in [0.29, 0.717) is 17.5 Å². The molecule has 2 N–H and O–H groups in total. The van der Waals surface area contributed by atoms with Gasteiger partial charge in [0.05, 0.1) is 18.8 Å². The van der Waals surface area contributed by atoms with Crippen LogP contribution in [0, 0.1) is 0 Å². The Hall–Kier alpha value is -1.39. The lowest BCUT2D eigenvalue weighted by molar-refractivity contribution is -0.140. The Labute approximate surface area is 162 Å². The molecule has 0 amide bonds. The molecular weight excluding hydrogens is 379 g/mol. The number of aromatic nitrogens is 1. The van der Waals surface area contributed by atoms with E-state index in [-0.39, 0.29) is 24.3 Å². The maximum atomic E-state index is 12.6. The normalized spacial score (nSPS) is 22.7. The van der Waals surface area contributed by atoms with Crippen molar-refractivity contribution < 1.29 is 17.9 Å². The van der Waals surface area contributed by atoms with Gasteiger partial charge >= 0.3 is 6.18 Å². The number of morpholine rings is 1. The summed E-state index contributed by atoms with van der Waals surface area (Å²) in [5.41, 5.74) is -0.988. The number of ether oxygens (including phenoxy) is 1. The first kappa shape index (κ1) is 21.9. The average Bonchev–Trinajstić information content (AvgIpc) is 3.03. The molecule has 1 aromatic rings. The van der Waals surface area contributed by atoms with Gasteiger partial charge in [-0.1, -0.05) is 0 Å². The van der Waals surface area contributed by atoms with Gasteiger partial charge in [-0.15, -0.1) is 11.3 Å². The van der Waals surface area contributed by atoms with Crippen LogP contribution in [0.25, 0.3) is 0 Å². The van der Waals surface area contributed by atoms with E-state index in [2.05, 4.69) is 53.2 Å². The van der Waals surface area contributed by atoms with E-state index in [9.17, 15) is 13.2 Å². The highest BCUT2D eigenvalue weighted by Gasteiger charge is 2.34. The van der Waals surface area contributed by atoms with Crippen LogP contribution in [0.15, 0.2) is 10.4 Å². The van der Waals surface area contributed by atoms with E-state index in [1.54, 1.807) is 7.05 Å². The summed E-state index contributed by atoms with van der Waals surface area (Å²) in [7, 11) is 1.63. The lowest BCUT2D eigenvalue weighted by Gasteiger charge is -2.45. The first-order chi connectivity index (χ1) is 12.5. The number of halogens is 3. The fourth-order valence-corrected chi connectivity index (χ4v) is 3.73. The van der Waals surface area contributed by atoms with Crippen LogP contribution in [0.4, 0.5) is 13.2 Å². The molecule has 0 aromatic carbocycles. The fourth-order valence-electron chi connectivity index (χ4n) is 2.99. The number of alkyl halides is 3. The summed E-state index contributed by atoms with van der Waals surface area (Å²) >= 11 is 0.977.